The van der Waals surface area contributed by atoms with E-state index in [0.29, 0.717) is 18.1 Å². The zero-order valence-electron chi connectivity index (χ0n) is 11.6. The van der Waals surface area contributed by atoms with E-state index in [9.17, 15) is 10.1 Å². The Morgan fingerprint density at radius 3 is 2.76 bits per heavy atom. The minimum Gasteiger partial charge on any atom is -0.494 e. The number of hydrogen-bond donors (Lipinski definition) is 1. The first-order valence-electron chi connectivity index (χ1n) is 6.23. The molecule has 0 aliphatic carbocycles. The van der Waals surface area contributed by atoms with E-state index in [-0.39, 0.29) is 17.4 Å². The smallest absolute Gasteiger partial charge is 0.373 e. The van der Waals surface area contributed by atoms with Gasteiger partial charge in [-0.15, -0.1) is 0 Å². The van der Waals surface area contributed by atoms with Crippen LogP contribution in [0.5, 0.6) is 17.4 Å². The van der Waals surface area contributed by atoms with Crippen molar-refractivity contribution < 1.29 is 14.4 Å². The third kappa shape index (κ3) is 3.35. The average molecular weight is 290 g/mol. The normalized spacial score (nSPS) is 10.0. The van der Waals surface area contributed by atoms with Crippen LogP contribution in [0.2, 0.25) is 0 Å². The minimum atomic E-state index is -0.590. The van der Waals surface area contributed by atoms with Crippen molar-refractivity contribution >= 4 is 11.5 Å². The van der Waals surface area contributed by atoms with Crippen molar-refractivity contribution in [2.75, 3.05) is 19.0 Å². The molecule has 1 aromatic heterocycles. The van der Waals surface area contributed by atoms with Gasteiger partial charge >= 0.3 is 11.6 Å². The summed E-state index contributed by atoms with van der Waals surface area (Å²) in [5, 5.41) is 13.8. The van der Waals surface area contributed by atoms with Crippen molar-refractivity contribution in [1.29, 1.82) is 0 Å². The molecule has 0 spiro atoms. The number of rotatable bonds is 6. The molecule has 1 aromatic carbocycles. The number of hydrogen-bond acceptors (Lipinski definition) is 7. The van der Waals surface area contributed by atoms with Crippen LogP contribution >= 0.6 is 0 Å². The lowest BCUT2D eigenvalue weighted by molar-refractivity contribution is -0.385. The standard InChI is InChI=1S/C13H14N4O4/c1-3-20-9-5-4-6-10(7-9)21-13-11(17(18)19)12(14-2)15-8-16-13/h4-8H,3H2,1-2H3,(H,14,15,16). The molecule has 0 aliphatic heterocycles. The molecule has 2 aromatic rings. The second-order valence-electron chi connectivity index (χ2n) is 3.89. The van der Waals surface area contributed by atoms with Crippen molar-refractivity contribution in [2.24, 2.45) is 0 Å². The van der Waals surface area contributed by atoms with Gasteiger partial charge < -0.3 is 14.8 Å². The highest BCUT2D eigenvalue weighted by Crippen LogP contribution is 2.34. The highest BCUT2D eigenvalue weighted by Gasteiger charge is 2.24. The van der Waals surface area contributed by atoms with Crippen LogP contribution in [0.1, 0.15) is 6.92 Å². The van der Waals surface area contributed by atoms with Gasteiger partial charge in [-0.25, -0.2) is 4.98 Å². The molecule has 110 valence electrons. The van der Waals surface area contributed by atoms with E-state index in [2.05, 4.69) is 15.3 Å². The maximum atomic E-state index is 11.1. The van der Waals surface area contributed by atoms with E-state index < -0.39 is 4.92 Å². The van der Waals surface area contributed by atoms with Gasteiger partial charge in [0.05, 0.1) is 11.5 Å². The Balaban J connectivity index is 2.35. The van der Waals surface area contributed by atoms with Crippen LogP contribution in [0.3, 0.4) is 0 Å². The van der Waals surface area contributed by atoms with Gasteiger partial charge in [0, 0.05) is 13.1 Å². The molecule has 8 nitrogen and oxygen atoms in total. The van der Waals surface area contributed by atoms with E-state index in [4.69, 9.17) is 9.47 Å². The molecule has 0 radical (unpaired) electrons. The molecule has 0 saturated carbocycles. The Hall–Kier alpha value is -2.90. The predicted octanol–water partition coefficient (Wildman–Crippen LogP) is 2.62. The summed E-state index contributed by atoms with van der Waals surface area (Å²) in [5.41, 5.74) is -0.318. The van der Waals surface area contributed by atoms with E-state index in [1.165, 1.54) is 13.4 Å². The molecule has 0 unspecified atom stereocenters. The summed E-state index contributed by atoms with van der Waals surface area (Å²) < 4.78 is 10.8. The summed E-state index contributed by atoms with van der Waals surface area (Å²) in [7, 11) is 1.54. The number of nitro groups is 1. The predicted molar refractivity (Wildman–Crippen MR) is 75.9 cm³/mol. The van der Waals surface area contributed by atoms with E-state index in [1.54, 1.807) is 24.3 Å². The van der Waals surface area contributed by atoms with E-state index in [0.717, 1.165) is 0 Å². The summed E-state index contributed by atoms with van der Waals surface area (Å²) in [4.78, 5) is 18.2. The number of ether oxygens (including phenoxy) is 2. The molecule has 0 fully saturated rings. The molecular weight excluding hydrogens is 276 g/mol. The monoisotopic (exact) mass is 290 g/mol. The lowest BCUT2D eigenvalue weighted by Gasteiger charge is -2.08. The largest absolute Gasteiger partial charge is 0.494 e. The lowest BCUT2D eigenvalue weighted by Crippen LogP contribution is -2.03. The topological polar surface area (TPSA) is 99.4 Å². The highest BCUT2D eigenvalue weighted by molar-refractivity contribution is 5.61. The molecule has 0 aliphatic rings. The number of nitrogens with one attached hydrogen (secondary N) is 1. The molecule has 0 atom stereocenters. The molecule has 0 saturated heterocycles. The first-order chi connectivity index (χ1) is 10.2. The van der Waals surface area contributed by atoms with Gasteiger partial charge in [-0.1, -0.05) is 6.07 Å². The minimum absolute atomic E-state index is 0.0889. The molecule has 1 N–H and O–H groups in total. The lowest BCUT2D eigenvalue weighted by atomic mass is 10.3. The number of benzene rings is 1. The zero-order chi connectivity index (χ0) is 15.2. The third-order valence-electron chi connectivity index (χ3n) is 2.54. The van der Waals surface area contributed by atoms with E-state index >= 15 is 0 Å². The van der Waals surface area contributed by atoms with Crippen LogP contribution in [0.25, 0.3) is 0 Å². The van der Waals surface area contributed by atoms with Crippen LogP contribution in [0.4, 0.5) is 11.5 Å². The molecule has 1 heterocycles. The quantitative estimate of drug-likeness (QED) is 0.644. The summed E-state index contributed by atoms with van der Waals surface area (Å²) in [5.74, 6) is 0.962. The Bertz CT molecular complexity index is 648. The molecular formula is C13H14N4O4. The van der Waals surface area contributed by atoms with Gasteiger partial charge in [-0.2, -0.15) is 4.98 Å². The first kappa shape index (κ1) is 14.5. The van der Waals surface area contributed by atoms with Crippen molar-refractivity contribution in [3.8, 4) is 17.4 Å². The molecule has 0 amide bonds. The first-order valence-corrected chi connectivity index (χ1v) is 6.23. The van der Waals surface area contributed by atoms with Gasteiger partial charge in [-0.05, 0) is 19.1 Å². The molecule has 21 heavy (non-hydrogen) atoms. The number of nitrogens with zero attached hydrogens (tertiary/aromatic N) is 3. The third-order valence-corrected chi connectivity index (χ3v) is 2.54. The fourth-order valence-corrected chi connectivity index (χ4v) is 1.69. The van der Waals surface area contributed by atoms with Crippen molar-refractivity contribution in [3.05, 3.63) is 40.7 Å². The van der Waals surface area contributed by atoms with Crippen LogP contribution in [-0.4, -0.2) is 28.5 Å². The fraction of sp³-hybridized carbons (Fsp3) is 0.231. The van der Waals surface area contributed by atoms with Gasteiger partial charge in [-0.3, -0.25) is 10.1 Å². The van der Waals surface area contributed by atoms with Crippen LogP contribution < -0.4 is 14.8 Å². The summed E-state index contributed by atoms with van der Waals surface area (Å²) in [6.07, 6.45) is 1.20. The molecule has 8 heteroatoms. The summed E-state index contributed by atoms with van der Waals surface area (Å²) in [6, 6.07) is 6.79. The van der Waals surface area contributed by atoms with Gasteiger partial charge in [0.1, 0.15) is 17.8 Å². The van der Waals surface area contributed by atoms with Crippen LogP contribution in [-0.2, 0) is 0 Å². The van der Waals surface area contributed by atoms with Crippen LogP contribution in [0.15, 0.2) is 30.6 Å². The van der Waals surface area contributed by atoms with Gasteiger partial charge in [0.25, 0.3) is 0 Å². The Morgan fingerprint density at radius 2 is 2.10 bits per heavy atom. The summed E-state index contributed by atoms with van der Waals surface area (Å²) in [6.45, 7) is 2.38. The van der Waals surface area contributed by atoms with Gasteiger partial charge in [0.2, 0.25) is 5.82 Å². The average Bonchev–Trinajstić information content (AvgIpc) is 2.47. The maximum Gasteiger partial charge on any atom is 0.373 e. The Morgan fingerprint density at radius 1 is 1.33 bits per heavy atom. The molecule has 0 bridgehead atoms. The Labute approximate surface area is 120 Å². The van der Waals surface area contributed by atoms with E-state index in [1.807, 2.05) is 6.92 Å². The highest BCUT2D eigenvalue weighted by atomic mass is 16.6. The van der Waals surface area contributed by atoms with Gasteiger partial charge in [0.15, 0.2) is 0 Å². The molecule has 2 rings (SSSR count). The van der Waals surface area contributed by atoms with Crippen LogP contribution in [0, 0.1) is 10.1 Å². The SMILES string of the molecule is CCOc1cccc(Oc2ncnc(NC)c2[N+](=O)[O-])c1. The Kier molecular flexibility index (Phi) is 4.50. The summed E-state index contributed by atoms with van der Waals surface area (Å²) >= 11 is 0. The fourth-order valence-electron chi connectivity index (χ4n) is 1.69. The number of aromatic nitrogens is 2. The van der Waals surface area contributed by atoms with Crippen molar-refractivity contribution in [3.63, 3.8) is 0 Å². The number of anilines is 1. The maximum absolute atomic E-state index is 11.1. The second-order valence-corrected chi connectivity index (χ2v) is 3.89. The van der Waals surface area contributed by atoms with Crippen molar-refractivity contribution in [2.45, 2.75) is 6.92 Å². The zero-order valence-corrected chi connectivity index (χ0v) is 11.6. The second kappa shape index (κ2) is 6.51. The van der Waals surface area contributed by atoms with Crippen molar-refractivity contribution in [1.82, 2.24) is 9.97 Å².